The number of rotatable bonds is 8. The minimum absolute atomic E-state index is 0.455. The zero-order valence-corrected chi connectivity index (χ0v) is 18.2. The fourth-order valence-corrected chi connectivity index (χ4v) is 4.35. The molecule has 1 unspecified atom stereocenters. The number of imidazole rings is 1. The molecule has 29 heavy (non-hydrogen) atoms. The molecule has 1 fully saturated rings. The van der Waals surface area contributed by atoms with E-state index < -0.39 is 0 Å². The fraction of sp³-hybridized carbons (Fsp3) is 0.458. The van der Waals surface area contributed by atoms with Crippen molar-refractivity contribution in [1.82, 2.24) is 14.5 Å². The van der Waals surface area contributed by atoms with Crippen LogP contribution in [0.4, 0.5) is 0 Å². The summed E-state index contributed by atoms with van der Waals surface area (Å²) >= 11 is 5.98. The molecular weight excluding hydrogens is 382 g/mol. The van der Waals surface area contributed by atoms with Crippen molar-refractivity contribution >= 4 is 22.6 Å². The topological polar surface area (TPSA) is 30.3 Å². The van der Waals surface area contributed by atoms with Crippen LogP contribution in [0.3, 0.4) is 0 Å². The van der Waals surface area contributed by atoms with E-state index in [4.69, 9.17) is 21.3 Å². The zero-order valence-electron chi connectivity index (χ0n) is 17.4. The average Bonchev–Trinajstić information content (AvgIpc) is 3.34. The number of ether oxygens (including phenoxy) is 1. The van der Waals surface area contributed by atoms with Gasteiger partial charge < -0.3 is 14.2 Å². The van der Waals surface area contributed by atoms with Gasteiger partial charge in [-0.25, -0.2) is 4.98 Å². The number of hydrogen-bond acceptors (Lipinski definition) is 3. The third-order valence-electron chi connectivity index (χ3n) is 5.86. The second-order valence-corrected chi connectivity index (χ2v) is 8.70. The lowest BCUT2D eigenvalue weighted by molar-refractivity contribution is 0.268. The maximum absolute atomic E-state index is 6.02. The zero-order chi connectivity index (χ0) is 20.2. The summed E-state index contributed by atoms with van der Waals surface area (Å²) in [5.74, 6) is 2.46. The van der Waals surface area contributed by atoms with Crippen molar-refractivity contribution in [2.45, 2.75) is 46.3 Å². The third kappa shape index (κ3) is 4.93. The number of para-hydroxylation sites is 1. The van der Waals surface area contributed by atoms with Crippen molar-refractivity contribution < 1.29 is 4.74 Å². The van der Waals surface area contributed by atoms with E-state index in [1.54, 1.807) is 0 Å². The number of halogens is 1. The first-order chi connectivity index (χ1) is 14.1. The van der Waals surface area contributed by atoms with Gasteiger partial charge >= 0.3 is 0 Å². The first kappa shape index (κ1) is 20.2. The summed E-state index contributed by atoms with van der Waals surface area (Å²) in [6, 6.07) is 13.9. The Morgan fingerprint density at radius 2 is 1.86 bits per heavy atom. The van der Waals surface area contributed by atoms with Crippen LogP contribution in [-0.2, 0) is 13.2 Å². The molecule has 0 amide bonds. The van der Waals surface area contributed by atoms with E-state index in [1.807, 2.05) is 24.3 Å². The van der Waals surface area contributed by atoms with Gasteiger partial charge in [0.05, 0.1) is 11.0 Å². The summed E-state index contributed by atoms with van der Waals surface area (Å²) < 4.78 is 8.37. The number of aryl methyl sites for hydroxylation is 2. The van der Waals surface area contributed by atoms with E-state index in [1.165, 1.54) is 43.6 Å². The lowest BCUT2D eigenvalue weighted by Gasteiger charge is -2.21. The standard InChI is InChI=1S/C24H30ClN3O/c1-18(16-27-13-3-4-14-27)12-15-28-22-7-5-6-19(2)24(22)26-23(28)17-29-21-10-8-20(25)9-11-21/h5-11,18H,3-4,12-17H2,1-2H3. The number of likely N-dealkylation sites (tertiary alicyclic amines) is 1. The molecule has 1 aliphatic rings. The van der Waals surface area contributed by atoms with Crippen LogP contribution < -0.4 is 4.74 Å². The number of hydrogen-bond donors (Lipinski definition) is 0. The third-order valence-corrected chi connectivity index (χ3v) is 6.11. The van der Waals surface area contributed by atoms with Gasteiger partial charge in [0, 0.05) is 18.1 Å². The Hall–Kier alpha value is -2.04. The Morgan fingerprint density at radius 1 is 1.10 bits per heavy atom. The van der Waals surface area contributed by atoms with Crippen molar-refractivity contribution in [2.24, 2.45) is 5.92 Å². The maximum Gasteiger partial charge on any atom is 0.148 e. The fourth-order valence-electron chi connectivity index (χ4n) is 4.22. The second kappa shape index (κ2) is 9.19. The number of aromatic nitrogens is 2. The van der Waals surface area contributed by atoms with Crippen LogP contribution in [0, 0.1) is 12.8 Å². The molecule has 0 aliphatic carbocycles. The van der Waals surface area contributed by atoms with Gasteiger partial charge in [0.1, 0.15) is 18.2 Å². The van der Waals surface area contributed by atoms with Gasteiger partial charge in [-0.15, -0.1) is 0 Å². The van der Waals surface area contributed by atoms with E-state index >= 15 is 0 Å². The predicted octanol–water partition coefficient (Wildman–Crippen LogP) is 5.70. The quantitative estimate of drug-likeness (QED) is 0.476. The molecule has 0 radical (unpaired) electrons. The highest BCUT2D eigenvalue weighted by Crippen LogP contribution is 2.23. The van der Waals surface area contributed by atoms with Gasteiger partial charge in [-0.1, -0.05) is 30.7 Å². The molecule has 1 saturated heterocycles. The number of fused-ring (bicyclic) bond motifs is 1. The Labute approximate surface area is 178 Å². The van der Waals surface area contributed by atoms with Crippen molar-refractivity contribution in [1.29, 1.82) is 0 Å². The summed E-state index contributed by atoms with van der Waals surface area (Å²) in [5.41, 5.74) is 3.49. The largest absolute Gasteiger partial charge is 0.486 e. The van der Waals surface area contributed by atoms with E-state index in [0.29, 0.717) is 17.5 Å². The Bertz CT molecular complexity index is 945. The van der Waals surface area contributed by atoms with Crippen molar-refractivity contribution in [3.05, 3.63) is 58.9 Å². The highest BCUT2D eigenvalue weighted by atomic mass is 35.5. The van der Waals surface area contributed by atoms with Gasteiger partial charge in [0.2, 0.25) is 0 Å². The molecule has 154 valence electrons. The average molecular weight is 412 g/mol. The Kier molecular flexibility index (Phi) is 6.41. The van der Waals surface area contributed by atoms with Gasteiger partial charge in [-0.05, 0) is 81.1 Å². The van der Waals surface area contributed by atoms with E-state index in [-0.39, 0.29) is 0 Å². The van der Waals surface area contributed by atoms with E-state index in [9.17, 15) is 0 Å². The molecule has 0 bridgehead atoms. The summed E-state index contributed by atoms with van der Waals surface area (Å²) in [6.07, 6.45) is 3.85. The van der Waals surface area contributed by atoms with Crippen LogP contribution in [0.25, 0.3) is 11.0 Å². The summed E-state index contributed by atoms with van der Waals surface area (Å²) in [7, 11) is 0. The molecular formula is C24H30ClN3O. The van der Waals surface area contributed by atoms with Gasteiger partial charge in [0.25, 0.3) is 0 Å². The van der Waals surface area contributed by atoms with Crippen LogP contribution in [0.15, 0.2) is 42.5 Å². The number of nitrogens with zero attached hydrogens (tertiary/aromatic N) is 3. The normalized spacial score (nSPS) is 15.8. The molecule has 3 aromatic rings. The van der Waals surface area contributed by atoms with Crippen LogP contribution in [0.2, 0.25) is 5.02 Å². The smallest absolute Gasteiger partial charge is 0.148 e. The molecule has 0 N–H and O–H groups in total. The highest BCUT2D eigenvalue weighted by molar-refractivity contribution is 6.30. The molecule has 5 heteroatoms. The van der Waals surface area contributed by atoms with Crippen molar-refractivity contribution in [3.8, 4) is 5.75 Å². The van der Waals surface area contributed by atoms with Crippen LogP contribution >= 0.6 is 11.6 Å². The molecule has 1 aliphatic heterocycles. The van der Waals surface area contributed by atoms with Crippen molar-refractivity contribution in [3.63, 3.8) is 0 Å². The molecule has 4 nitrogen and oxygen atoms in total. The van der Waals surface area contributed by atoms with Gasteiger partial charge in [0.15, 0.2) is 0 Å². The molecule has 1 aromatic heterocycles. The molecule has 2 aromatic carbocycles. The first-order valence-corrected chi connectivity index (χ1v) is 11.0. The number of benzene rings is 2. The summed E-state index contributed by atoms with van der Waals surface area (Å²) in [5, 5.41) is 0.715. The molecule has 1 atom stereocenters. The minimum atomic E-state index is 0.455. The Morgan fingerprint density at radius 3 is 2.62 bits per heavy atom. The first-order valence-electron chi connectivity index (χ1n) is 10.7. The lowest BCUT2D eigenvalue weighted by Crippen LogP contribution is -2.26. The maximum atomic E-state index is 6.02. The van der Waals surface area contributed by atoms with Crippen molar-refractivity contribution in [2.75, 3.05) is 19.6 Å². The van der Waals surface area contributed by atoms with Crippen LogP contribution in [0.5, 0.6) is 5.75 Å². The van der Waals surface area contributed by atoms with E-state index in [0.717, 1.165) is 30.1 Å². The molecule has 0 spiro atoms. The van der Waals surface area contributed by atoms with Crippen LogP contribution in [0.1, 0.15) is 37.6 Å². The van der Waals surface area contributed by atoms with Gasteiger partial charge in [-0.2, -0.15) is 0 Å². The van der Waals surface area contributed by atoms with Gasteiger partial charge in [-0.3, -0.25) is 0 Å². The summed E-state index contributed by atoms with van der Waals surface area (Å²) in [6.45, 7) is 9.63. The Balaban J connectivity index is 1.49. The monoisotopic (exact) mass is 411 g/mol. The molecule has 2 heterocycles. The molecule has 4 rings (SSSR count). The SMILES string of the molecule is Cc1cccc2c1nc(COc1ccc(Cl)cc1)n2CCC(C)CN1CCCC1. The van der Waals surface area contributed by atoms with Crippen LogP contribution in [-0.4, -0.2) is 34.1 Å². The molecule has 0 saturated carbocycles. The van der Waals surface area contributed by atoms with E-state index in [2.05, 4.69) is 41.5 Å². The second-order valence-electron chi connectivity index (χ2n) is 8.27. The minimum Gasteiger partial charge on any atom is -0.486 e. The highest BCUT2D eigenvalue weighted by Gasteiger charge is 2.17. The summed E-state index contributed by atoms with van der Waals surface area (Å²) in [4.78, 5) is 7.53. The predicted molar refractivity (Wildman–Crippen MR) is 120 cm³/mol. The lowest BCUT2D eigenvalue weighted by atomic mass is 10.1.